The molecule has 1 aliphatic carbocycles. The van der Waals surface area contributed by atoms with Gasteiger partial charge in [-0.3, -0.25) is 0 Å². The van der Waals surface area contributed by atoms with Gasteiger partial charge in [-0.1, -0.05) is 31.6 Å². The van der Waals surface area contributed by atoms with Gasteiger partial charge in [0.05, 0.1) is 0 Å². The Bertz CT molecular complexity index is 174. The van der Waals surface area contributed by atoms with Crippen molar-refractivity contribution >= 4 is 0 Å². The summed E-state index contributed by atoms with van der Waals surface area (Å²) >= 11 is 0. The van der Waals surface area contributed by atoms with Gasteiger partial charge in [-0.05, 0) is 37.5 Å². The topological polar surface area (TPSA) is 0 Å². The molecule has 0 aliphatic heterocycles. The Morgan fingerprint density at radius 3 is 2.58 bits per heavy atom. The molecule has 0 heterocycles. The van der Waals surface area contributed by atoms with E-state index in [4.69, 9.17) is 0 Å². The van der Waals surface area contributed by atoms with Crippen LogP contribution in [0.15, 0.2) is 24.3 Å². The number of rotatable bonds is 3. The molecule has 0 N–H and O–H groups in total. The van der Waals surface area contributed by atoms with Gasteiger partial charge in [0.15, 0.2) is 0 Å². The Hall–Kier alpha value is -0.520. The number of hydrogen-bond acceptors (Lipinski definition) is 0. The van der Waals surface area contributed by atoms with E-state index in [0.717, 1.165) is 0 Å². The molecule has 0 aromatic heterocycles. The first-order chi connectivity index (χ1) is 5.75. The van der Waals surface area contributed by atoms with Crippen molar-refractivity contribution in [3.8, 4) is 0 Å². The summed E-state index contributed by atoms with van der Waals surface area (Å²) < 4.78 is 0. The zero-order valence-electron chi connectivity index (χ0n) is 8.34. The number of allylic oxidation sites excluding steroid dienone is 3. The molecule has 0 saturated carbocycles. The lowest BCUT2D eigenvalue weighted by Gasteiger charge is -2.23. The Labute approximate surface area is 76.4 Å². The normalized spacial score (nSPS) is 20.4. The van der Waals surface area contributed by atoms with Crippen LogP contribution < -0.4 is 0 Å². The lowest BCUT2D eigenvalue weighted by Crippen LogP contribution is -2.10. The molecule has 12 heavy (non-hydrogen) atoms. The highest BCUT2D eigenvalue weighted by Gasteiger charge is 2.15. The standard InChI is InChI=1S/C12H20/c1-4-12(10(2)3)11-8-6-5-7-9-11/h4,8,10,12H,1,5-7,9H2,2-3H3. The van der Waals surface area contributed by atoms with Gasteiger partial charge in [0.1, 0.15) is 0 Å². The van der Waals surface area contributed by atoms with E-state index in [0.29, 0.717) is 11.8 Å². The van der Waals surface area contributed by atoms with Crippen molar-refractivity contribution in [1.29, 1.82) is 0 Å². The molecule has 0 aromatic carbocycles. The van der Waals surface area contributed by atoms with Crippen molar-refractivity contribution in [1.82, 2.24) is 0 Å². The van der Waals surface area contributed by atoms with Crippen LogP contribution in [0.3, 0.4) is 0 Å². The summed E-state index contributed by atoms with van der Waals surface area (Å²) in [5.74, 6) is 1.34. The molecule has 0 spiro atoms. The van der Waals surface area contributed by atoms with Gasteiger partial charge in [-0.2, -0.15) is 0 Å². The van der Waals surface area contributed by atoms with Gasteiger partial charge in [-0.15, -0.1) is 6.58 Å². The van der Waals surface area contributed by atoms with Crippen LogP contribution in [0.2, 0.25) is 0 Å². The fourth-order valence-corrected chi connectivity index (χ4v) is 2.02. The molecular formula is C12H20. The van der Waals surface area contributed by atoms with E-state index in [1.54, 1.807) is 5.57 Å². The summed E-state index contributed by atoms with van der Waals surface area (Å²) in [5, 5.41) is 0. The van der Waals surface area contributed by atoms with Crippen molar-refractivity contribution in [2.75, 3.05) is 0 Å². The molecule has 1 atom stereocenters. The van der Waals surface area contributed by atoms with Gasteiger partial charge in [0.25, 0.3) is 0 Å². The third-order valence-electron chi connectivity index (χ3n) is 2.73. The molecule has 68 valence electrons. The minimum atomic E-state index is 0.630. The smallest absolute Gasteiger partial charge is 0.000293 e. The van der Waals surface area contributed by atoms with Gasteiger partial charge in [0.2, 0.25) is 0 Å². The molecule has 0 nitrogen and oxygen atoms in total. The van der Waals surface area contributed by atoms with Crippen LogP contribution >= 0.6 is 0 Å². The Balaban J connectivity index is 2.63. The first-order valence-electron chi connectivity index (χ1n) is 5.07. The maximum atomic E-state index is 3.92. The van der Waals surface area contributed by atoms with Crippen LogP contribution in [-0.2, 0) is 0 Å². The Morgan fingerprint density at radius 2 is 2.17 bits per heavy atom. The monoisotopic (exact) mass is 164 g/mol. The Kier molecular flexibility index (Phi) is 3.58. The first-order valence-corrected chi connectivity index (χ1v) is 5.07. The zero-order chi connectivity index (χ0) is 8.97. The summed E-state index contributed by atoms with van der Waals surface area (Å²) in [6.07, 6.45) is 9.88. The molecule has 0 radical (unpaired) electrons. The van der Waals surface area contributed by atoms with Crippen LogP contribution in [0.1, 0.15) is 39.5 Å². The molecule has 0 saturated heterocycles. The fraction of sp³-hybridized carbons (Fsp3) is 0.667. The largest absolute Gasteiger partial charge is 0.102 e. The second kappa shape index (κ2) is 4.49. The van der Waals surface area contributed by atoms with Gasteiger partial charge in [0, 0.05) is 0 Å². The summed E-state index contributed by atoms with van der Waals surface area (Å²) in [5.41, 5.74) is 1.63. The third-order valence-corrected chi connectivity index (χ3v) is 2.73. The molecule has 1 unspecified atom stereocenters. The van der Waals surface area contributed by atoms with Crippen LogP contribution in [-0.4, -0.2) is 0 Å². The molecular weight excluding hydrogens is 144 g/mol. The highest BCUT2D eigenvalue weighted by Crippen LogP contribution is 2.29. The van der Waals surface area contributed by atoms with Gasteiger partial charge in [-0.25, -0.2) is 0 Å². The molecule has 0 fully saturated rings. The van der Waals surface area contributed by atoms with Gasteiger partial charge >= 0.3 is 0 Å². The van der Waals surface area contributed by atoms with Crippen LogP contribution in [0, 0.1) is 11.8 Å². The van der Waals surface area contributed by atoms with Crippen molar-refractivity contribution in [2.24, 2.45) is 11.8 Å². The molecule has 1 rings (SSSR count). The second-order valence-electron chi connectivity index (χ2n) is 4.03. The summed E-state index contributed by atoms with van der Waals surface area (Å²) in [4.78, 5) is 0. The summed E-state index contributed by atoms with van der Waals surface area (Å²) in [6.45, 7) is 8.48. The molecule has 0 bridgehead atoms. The summed E-state index contributed by atoms with van der Waals surface area (Å²) in [6, 6.07) is 0. The highest BCUT2D eigenvalue weighted by atomic mass is 14.2. The molecule has 1 aliphatic rings. The predicted octanol–water partition coefficient (Wildman–Crippen LogP) is 3.95. The predicted molar refractivity (Wildman–Crippen MR) is 55.1 cm³/mol. The Morgan fingerprint density at radius 1 is 1.42 bits per heavy atom. The second-order valence-corrected chi connectivity index (χ2v) is 4.03. The minimum absolute atomic E-state index is 0.630. The summed E-state index contributed by atoms with van der Waals surface area (Å²) in [7, 11) is 0. The fourth-order valence-electron chi connectivity index (χ4n) is 2.02. The van der Waals surface area contributed by atoms with Crippen molar-refractivity contribution in [3.05, 3.63) is 24.3 Å². The SMILES string of the molecule is C=CC(C1=CCCCC1)C(C)C. The number of hydrogen-bond donors (Lipinski definition) is 0. The van der Waals surface area contributed by atoms with E-state index < -0.39 is 0 Å². The maximum absolute atomic E-state index is 3.92. The molecule has 0 aromatic rings. The van der Waals surface area contributed by atoms with Crippen LogP contribution in [0.4, 0.5) is 0 Å². The van der Waals surface area contributed by atoms with E-state index in [1.807, 2.05) is 0 Å². The minimum Gasteiger partial charge on any atom is -0.102 e. The highest BCUT2D eigenvalue weighted by molar-refractivity contribution is 5.15. The van der Waals surface area contributed by atoms with Crippen molar-refractivity contribution in [2.45, 2.75) is 39.5 Å². The van der Waals surface area contributed by atoms with Crippen molar-refractivity contribution < 1.29 is 0 Å². The lowest BCUT2D eigenvalue weighted by atomic mass is 9.83. The van der Waals surface area contributed by atoms with Gasteiger partial charge < -0.3 is 0 Å². The third kappa shape index (κ3) is 2.23. The van der Waals surface area contributed by atoms with Crippen LogP contribution in [0.5, 0.6) is 0 Å². The van der Waals surface area contributed by atoms with E-state index >= 15 is 0 Å². The quantitative estimate of drug-likeness (QED) is 0.554. The van der Waals surface area contributed by atoms with E-state index in [2.05, 4.69) is 32.6 Å². The molecule has 0 heteroatoms. The van der Waals surface area contributed by atoms with E-state index in [1.165, 1.54) is 25.7 Å². The lowest BCUT2D eigenvalue weighted by molar-refractivity contribution is 0.493. The average molecular weight is 164 g/mol. The van der Waals surface area contributed by atoms with E-state index in [-0.39, 0.29) is 0 Å². The first kappa shape index (κ1) is 9.57. The average Bonchev–Trinajstić information content (AvgIpc) is 2.07. The maximum Gasteiger partial charge on any atom is -0.000293 e. The molecule has 0 amide bonds. The van der Waals surface area contributed by atoms with E-state index in [9.17, 15) is 0 Å². The zero-order valence-corrected chi connectivity index (χ0v) is 8.34. The van der Waals surface area contributed by atoms with Crippen LogP contribution in [0.25, 0.3) is 0 Å². The van der Waals surface area contributed by atoms with Crippen molar-refractivity contribution in [3.63, 3.8) is 0 Å².